The summed E-state index contributed by atoms with van der Waals surface area (Å²) < 4.78 is 32.3. The summed E-state index contributed by atoms with van der Waals surface area (Å²) in [6.07, 6.45) is 5.24. The van der Waals surface area contributed by atoms with Crippen LogP contribution in [0.5, 0.6) is 5.75 Å². The number of aryl methyl sites for hydroxylation is 1. The van der Waals surface area contributed by atoms with E-state index in [2.05, 4.69) is 15.2 Å². The van der Waals surface area contributed by atoms with Gasteiger partial charge in [0.05, 0.1) is 29.9 Å². The third-order valence-electron chi connectivity index (χ3n) is 7.74. The van der Waals surface area contributed by atoms with Gasteiger partial charge in [-0.2, -0.15) is 0 Å². The molecule has 10 heteroatoms. The molecule has 0 aliphatic carbocycles. The zero-order valence-electron chi connectivity index (χ0n) is 22.8. The number of halogens is 2. The van der Waals surface area contributed by atoms with Crippen molar-refractivity contribution in [2.24, 2.45) is 5.41 Å². The fourth-order valence-corrected chi connectivity index (χ4v) is 5.52. The summed E-state index contributed by atoms with van der Waals surface area (Å²) in [5, 5.41) is 13.6. The molecule has 1 aliphatic heterocycles. The number of nitrogens with zero attached hydrogens (tertiary/aromatic N) is 3. The Balaban J connectivity index is 1.39. The minimum absolute atomic E-state index is 0.343. The molecule has 0 spiro atoms. The first-order chi connectivity index (χ1) is 18.7. The number of rotatable bonds is 11. The zero-order chi connectivity index (χ0) is 28.0. The monoisotopic (exact) mass is 541 g/mol. The molecule has 1 amide bonds. The SMILES string of the molecule is COc1ccc2ncc(N(C)C)c(CCCC3(C(=O)NO)CCN(CCNc4cc(F)cc(F)c4)CC3)c2c1. The molecule has 8 nitrogen and oxygen atoms in total. The van der Waals surface area contributed by atoms with E-state index in [-0.39, 0.29) is 5.91 Å². The van der Waals surface area contributed by atoms with Gasteiger partial charge >= 0.3 is 0 Å². The highest BCUT2D eigenvalue weighted by Crippen LogP contribution is 2.38. The van der Waals surface area contributed by atoms with Crippen molar-refractivity contribution in [2.75, 3.05) is 57.6 Å². The molecule has 1 saturated heterocycles. The Morgan fingerprint density at radius 3 is 2.51 bits per heavy atom. The predicted octanol–water partition coefficient (Wildman–Crippen LogP) is 4.61. The van der Waals surface area contributed by atoms with Gasteiger partial charge in [0, 0.05) is 44.3 Å². The zero-order valence-corrected chi connectivity index (χ0v) is 22.8. The van der Waals surface area contributed by atoms with Crippen LogP contribution < -0.4 is 20.4 Å². The van der Waals surface area contributed by atoms with Gasteiger partial charge in [-0.05, 0) is 81.1 Å². The second-order valence-electron chi connectivity index (χ2n) is 10.4. The highest BCUT2D eigenvalue weighted by atomic mass is 19.1. The molecule has 0 atom stereocenters. The molecule has 0 unspecified atom stereocenters. The van der Waals surface area contributed by atoms with Crippen molar-refractivity contribution < 1.29 is 23.5 Å². The van der Waals surface area contributed by atoms with E-state index < -0.39 is 17.0 Å². The quantitative estimate of drug-likeness (QED) is 0.241. The normalized spacial score (nSPS) is 15.2. The summed E-state index contributed by atoms with van der Waals surface area (Å²) in [6, 6.07) is 9.23. The fraction of sp³-hybridized carbons (Fsp3) is 0.448. The van der Waals surface area contributed by atoms with Crippen LogP contribution in [0.1, 0.15) is 31.2 Å². The van der Waals surface area contributed by atoms with Crippen molar-refractivity contribution in [1.82, 2.24) is 15.4 Å². The van der Waals surface area contributed by atoms with Crippen molar-refractivity contribution in [3.63, 3.8) is 0 Å². The molecular weight excluding hydrogens is 504 g/mol. The summed E-state index contributed by atoms with van der Waals surface area (Å²) >= 11 is 0. The van der Waals surface area contributed by atoms with Crippen LogP contribution in [0, 0.1) is 17.0 Å². The van der Waals surface area contributed by atoms with Crippen molar-refractivity contribution in [3.05, 3.63) is 59.8 Å². The molecule has 1 aromatic heterocycles. The topological polar surface area (TPSA) is 90.0 Å². The number of carbonyl (C=O) groups is 1. The largest absolute Gasteiger partial charge is 0.497 e. The molecule has 1 aliphatic rings. The summed E-state index contributed by atoms with van der Waals surface area (Å²) in [4.78, 5) is 21.7. The van der Waals surface area contributed by atoms with Crippen LogP contribution in [0.2, 0.25) is 0 Å². The summed E-state index contributed by atoms with van der Waals surface area (Å²) in [7, 11) is 5.62. The maximum absolute atomic E-state index is 13.4. The standard InChI is InChI=1S/C29H37F2N5O3/c1-35(2)27-19-33-26-7-6-23(39-3)18-25(26)24(27)5-4-8-29(28(37)34-38)9-12-36(13-10-29)14-11-32-22-16-20(30)15-21(31)17-22/h6-7,15-19,32,38H,4-5,8-14H2,1-3H3,(H,34,37). The Morgan fingerprint density at radius 1 is 1.15 bits per heavy atom. The van der Waals surface area contributed by atoms with Gasteiger partial charge in [-0.25, -0.2) is 14.3 Å². The van der Waals surface area contributed by atoms with Crippen molar-refractivity contribution >= 4 is 28.2 Å². The minimum atomic E-state index is -0.664. The van der Waals surface area contributed by atoms with Gasteiger partial charge in [0.1, 0.15) is 17.4 Å². The van der Waals surface area contributed by atoms with E-state index in [1.165, 1.54) is 12.1 Å². The summed E-state index contributed by atoms with van der Waals surface area (Å²) in [5.41, 5.74) is 4.72. The van der Waals surface area contributed by atoms with Gasteiger partial charge in [0.25, 0.3) is 0 Å². The highest BCUT2D eigenvalue weighted by Gasteiger charge is 2.40. The number of piperidine rings is 1. The molecular formula is C29H37F2N5O3. The third kappa shape index (κ3) is 6.75. The Hall–Kier alpha value is -3.50. The Labute approximate surface area is 227 Å². The van der Waals surface area contributed by atoms with Crippen LogP contribution >= 0.6 is 0 Å². The van der Waals surface area contributed by atoms with Crippen LogP contribution in [-0.2, 0) is 11.2 Å². The third-order valence-corrected chi connectivity index (χ3v) is 7.74. The average molecular weight is 542 g/mol. The summed E-state index contributed by atoms with van der Waals surface area (Å²) in [6.45, 7) is 2.57. The van der Waals surface area contributed by atoms with E-state index in [4.69, 9.17) is 4.74 Å². The molecule has 2 heterocycles. The molecule has 1 fully saturated rings. The highest BCUT2D eigenvalue weighted by molar-refractivity contribution is 5.88. The lowest BCUT2D eigenvalue weighted by Crippen LogP contribution is -2.49. The number of likely N-dealkylation sites (tertiary alicyclic amines) is 1. The van der Waals surface area contributed by atoms with Crippen LogP contribution in [0.4, 0.5) is 20.2 Å². The second kappa shape index (κ2) is 12.6. The van der Waals surface area contributed by atoms with Crippen LogP contribution in [0.15, 0.2) is 42.6 Å². The molecule has 4 rings (SSSR count). The number of benzene rings is 2. The van der Waals surface area contributed by atoms with Crippen LogP contribution in [-0.4, -0.2) is 68.4 Å². The number of fused-ring (bicyclic) bond motifs is 1. The first-order valence-electron chi connectivity index (χ1n) is 13.2. The lowest BCUT2D eigenvalue weighted by atomic mass is 9.73. The van der Waals surface area contributed by atoms with E-state index >= 15 is 0 Å². The van der Waals surface area contributed by atoms with E-state index in [0.717, 1.165) is 46.8 Å². The average Bonchev–Trinajstić information content (AvgIpc) is 2.92. The molecule has 210 valence electrons. The van der Waals surface area contributed by atoms with E-state index in [0.29, 0.717) is 51.1 Å². The van der Waals surface area contributed by atoms with Crippen molar-refractivity contribution in [2.45, 2.75) is 32.1 Å². The smallest absolute Gasteiger partial charge is 0.249 e. The van der Waals surface area contributed by atoms with Gasteiger partial charge in [-0.1, -0.05) is 0 Å². The fourth-order valence-electron chi connectivity index (χ4n) is 5.52. The van der Waals surface area contributed by atoms with Gasteiger partial charge < -0.3 is 19.9 Å². The number of pyridine rings is 1. The predicted molar refractivity (Wildman–Crippen MR) is 148 cm³/mol. The maximum atomic E-state index is 13.4. The first-order valence-corrected chi connectivity index (χ1v) is 13.2. The van der Waals surface area contributed by atoms with Crippen molar-refractivity contribution in [3.8, 4) is 5.75 Å². The maximum Gasteiger partial charge on any atom is 0.249 e. The first kappa shape index (κ1) is 28.5. The van der Waals surface area contributed by atoms with E-state index in [1.807, 2.05) is 48.9 Å². The lowest BCUT2D eigenvalue weighted by Gasteiger charge is -2.40. The Kier molecular flexibility index (Phi) is 9.19. The minimum Gasteiger partial charge on any atom is -0.497 e. The number of amides is 1. The Morgan fingerprint density at radius 2 is 1.87 bits per heavy atom. The molecule has 0 saturated carbocycles. The Bertz CT molecular complexity index is 1280. The number of carbonyl (C=O) groups excluding carboxylic acids is 1. The van der Waals surface area contributed by atoms with E-state index in [9.17, 15) is 18.8 Å². The summed E-state index contributed by atoms with van der Waals surface area (Å²) in [5.74, 6) is -0.815. The number of ether oxygens (including phenoxy) is 1. The molecule has 2 aromatic carbocycles. The number of aromatic nitrogens is 1. The molecule has 0 radical (unpaired) electrons. The van der Waals surface area contributed by atoms with Gasteiger partial charge in [0.15, 0.2) is 0 Å². The number of nitrogens with one attached hydrogen (secondary N) is 2. The van der Waals surface area contributed by atoms with Crippen LogP contribution in [0.3, 0.4) is 0 Å². The van der Waals surface area contributed by atoms with Gasteiger partial charge in [0.2, 0.25) is 5.91 Å². The molecule has 39 heavy (non-hydrogen) atoms. The number of hydrogen-bond acceptors (Lipinski definition) is 7. The number of anilines is 2. The van der Waals surface area contributed by atoms with Gasteiger partial charge in [-0.15, -0.1) is 0 Å². The number of hydrogen-bond donors (Lipinski definition) is 3. The van der Waals surface area contributed by atoms with E-state index in [1.54, 1.807) is 7.11 Å². The molecule has 0 bridgehead atoms. The van der Waals surface area contributed by atoms with Crippen molar-refractivity contribution in [1.29, 1.82) is 0 Å². The number of hydroxylamine groups is 1. The second-order valence-corrected chi connectivity index (χ2v) is 10.4. The van der Waals surface area contributed by atoms with Crippen LogP contribution in [0.25, 0.3) is 10.9 Å². The lowest BCUT2D eigenvalue weighted by molar-refractivity contribution is -0.143. The molecule has 3 aromatic rings. The number of methoxy groups -OCH3 is 1. The van der Waals surface area contributed by atoms with Gasteiger partial charge in [-0.3, -0.25) is 15.0 Å². The molecule has 3 N–H and O–H groups in total.